The Bertz CT molecular complexity index is 607. The first-order valence-electron chi connectivity index (χ1n) is 4.92. The van der Waals surface area contributed by atoms with Crippen molar-refractivity contribution in [3.05, 3.63) is 35.8 Å². The Morgan fingerprint density at radius 2 is 2.11 bits per heavy atom. The Morgan fingerprint density at radius 1 is 1.39 bits per heavy atom. The topological polar surface area (TPSA) is 54.0 Å². The van der Waals surface area contributed by atoms with Crippen molar-refractivity contribution in [2.24, 2.45) is 0 Å². The standard InChI is InChI=1S/C12H6F3NO2/c13-12(14,15)11(17)9-2-1-7-5-8(3-4-16)18-6-10(7)9/h1-2,5-6H,3H2. The van der Waals surface area contributed by atoms with Crippen molar-refractivity contribution in [3.63, 3.8) is 0 Å². The molecule has 1 aliphatic heterocycles. The van der Waals surface area contributed by atoms with Crippen LogP contribution in [0.3, 0.4) is 0 Å². The Morgan fingerprint density at radius 3 is 2.72 bits per heavy atom. The third kappa shape index (κ3) is 2.07. The number of carbonyl (C=O) groups is 1. The first kappa shape index (κ1) is 12.2. The second kappa shape index (κ2) is 4.18. The Labute approximate surface area is 99.8 Å². The maximum Gasteiger partial charge on any atom is 0.454 e. The number of hydrogen-bond donors (Lipinski definition) is 0. The van der Waals surface area contributed by atoms with Crippen LogP contribution in [-0.4, -0.2) is 12.0 Å². The van der Waals surface area contributed by atoms with Gasteiger partial charge in [-0.3, -0.25) is 4.79 Å². The molecule has 2 rings (SSSR count). The van der Waals surface area contributed by atoms with Crippen molar-refractivity contribution >= 4 is 5.78 Å². The molecule has 0 spiro atoms. The minimum Gasteiger partial charge on any atom is -0.468 e. The highest BCUT2D eigenvalue weighted by molar-refractivity contribution is 6.06. The average molecular weight is 253 g/mol. The van der Waals surface area contributed by atoms with E-state index in [4.69, 9.17) is 9.68 Å². The SMILES string of the molecule is N#CCc1cc2ccc(C(=O)C(F)(F)F)c-2co1. The van der Waals surface area contributed by atoms with E-state index in [1.807, 2.05) is 6.07 Å². The number of nitrogens with zero attached hydrogens (tertiary/aromatic N) is 1. The number of Topliss-reactive ketones (excluding diaryl/α,β-unsaturated/α-hetero) is 1. The van der Waals surface area contributed by atoms with Crippen molar-refractivity contribution in [2.45, 2.75) is 12.6 Å². The summed E-state index contributed by atoms with van der Waals surface area (Å²) in [5.74, 6) is -1.57. The summed E-state index contributed by atoms with van der Waals surface area (Å²) in [6.07, 6.45) is -3.82. The van der Waals surface area contributed by atoms with Gasteiger partial charge in [-0.2, -0.15) is 18.4 Å². The molecule has 0 aromatic heterocycles. The lowest BCUT2D eigenvalue weighted by Crippen LogP contribution is -2.22. The van der Waals surface area contributed by atoms with Crippen LogP contribution < -0.4 is 0 Å². The summed E-state index contributed by atoms with van der Waals surface area (Å²) < 4.78 is 42.0. The molecule has 1 heterocycles. The van der Waals surface area contributed by atoms with Crippen LogP contribution in [0.25, 0.3) is 11.1 Å². The van der Waals surface area contributed by atoms with Crippen LogP contribution in [0.2, 0.25) is 0 Å². The van der Waals surface area contributed by atoms with Gasteiger partial charge in [-0.1, -0.05) is 6.07 Å². The van der Waals surface area contributed by atoms with Crippen molar-refractivity contribution in [1.29, 1.82) is 5.26 Å². The Hall–Kier alpha value is -2.29. The van der Waals surface area contributed by atoms with Crippen LogP contribution in [0.15, 0.2) is 28.9 Å². The number of carbonyl (C=O) groups excluding carboxylic acids is 1. The molecule has 0 atom stereocenters. The molecule has 2 aliphatic rings. The molecule has 18 heavy (non-hydrogen) atoms. The molecule has 0 radical (unpaired) electrons. The fourth-order valence-electron chi connectivity index (χ4n) is 1.63. The maximum atomic E-state index is 12.3. The predicted octanol–water partition coefficient (Wildman–Crippen LogP) is 3.20. The van der Waals surface area contributed by atoms with E-state index >= 15 is 0 Å². The number of rotatable bonds is 2. The van der Waals surface area contributed by atoms with E-state index in [1.165, 1.54) is 12.1 Å². The summed E-state index contributed by atoms with van der Waals surface area (Å²) in [6, 6.07) is 5.81. The smallest absolute Gasteiger partial charge is 0.454 e. The van der Waals surface area contributed by atoms with Gasteiger partial charge in [0.2, 0.25) is 0 Å². The highest BCUT2D eigenvalue weighted by atomic mass is 19.4. The minimum absolute atomic E-state index is 0.0175. The van der Waals surface area contributed by atoms with E-state index in [2.05, 4.69) is 0 Å². The zero-order valence-corrected chi connectivity index (χ0v) is 8.91. The summed E-state index contributed by atoms with van der Waals surface area (Å²) in [5.41, 5.74) is 0.0999. The molecule has 1 aliphatic carbocycles. The van der Waals surface area contributed by atoms with Gasteiger partial charge >= 0.3 is 6.18 Å². The van der Waals surface area contributed by atoms with E-state index in [9.17, 15) is 18.0 Å². The normalized spacial score (nSPS) is 11.4. The van der Waals surface area contributed by atoms with Crippen LogP contribution in [-0.2, 0) is 6.42 Å². The largest absolute Gasteiger partial charge is 0.468 e. The molecule has 0 aromatic carbocycles. The van der Waals surface area contributed by atoms with Crippen molar-refractivity contribution < 1.29 is 22.4 Å². The second-order valence-electron chi connectivity index (χ2n) is 3.62. The van der Waals surface area contributed by atoms with Gasteiger partial charge in [0.25, 0.3) is 5.78 Å². The van der Waals surface area contributed by atoms with Gasteiger partial charge in [0, 0.05) is 11.1 Å². The van der Waals surface area contributed by atoms with E-state index in [1.54, 1.807) is 0 Å². The summed E-state index contributed by atoms with van der Waals surface area (Å²) in [7, 11) is 0. The third-order valence-electron chi connectivity index (χ3n) is 2.43. The zero-order chi connectivity index (χ0) is 13.3. The Kier molecular flexibility index (Phi) is 2.83. The lowest BCUT2D eigenvalue weighted by molar-refractivity contribution is -0.0884. The average Bonchev–Trinajstić information content (AvgIpc) is 2.70. The number of hydrogen-bond acceptors (Lipinski definition) is 3. The van der Waals surface area contributed by atoms with Gasteiger partial charge < -0.3 is 4.42 Å². The van der Waals surface area contributed by atoms with Crippen LogP contribution in [0, 0.1) is 11.3 Å². The van der Waals surface area contributed by atoms with Crippen LogP contribution in [0.5, 0.6) is 0 Å². The monoisotopic (exact) mass is 253 g/mol. The van der Waals surface area contributed by atoms with E-state index < -0.39 is 17.5 Å². The minimum atomic E-state index is -4.91. The molecular formula is C12H6F3NO2. The first-order chi connectivity index (χ1) is 8.43. The molecule has 92 valence electrons. The quantitative estimate of drug-likeness (QED) is 0.772. The molecule has 0 bridgehead atoms. The van der Waals surface area contributed by atoms with Gasteiger partial charge in [0.05, 0.1) is 18.8 Å². The predicted molar refractivity (Wildman–Crippen MR) is 55.0 cm³/mol. The number of ketones is 1. The molecule has 0 amide bonds. The molecule has 0 unspecified atom stereocenters. The van der Waals surface area contributed by atoms with Gasteiger partial charge in [0.15, 0.2) is 0 Å². The number of alkyl halides is 3. The van der Waals surface area contributed by atoms with Gasteiger partial charge in [-0.05, 0) is 17.7 Å². The molecule has 0 aromatic rings. The third-order valence-corrected chi connectivity index (χ3v) is 2.43. The summed E-state index contributed by atoms with van der Waals surface area (Å²) in [5, 5.41) is 8.48. The molecule has 6 heteroatoms. The fourth-order valence-corrected chi connectivity index (χ4v) is 1.63. The van der Waals surface area contributed by atoms with E-state index in [0.717, 1.165) is 12.3 Å². The van der Waals surface area contributed by atoms with Crippen LogP contribution in [0.4, 0.5) is 13.2 Å². The van der Waals surface area contributed by atoms with Crippen molar-refractivity contribution in [3.8, 4) is 17.2 Å². The molecular weight excluding hydrogens is 247 g/mol. The van der Waals surface area contributed by atoms with Crippen LogP contribution in [0.1, 0.15) is 16.1 Å². The number of halogens is 3. The van der Waals surface area contributed by atoms with Gasteiger partial charge in [-0.25, -0.2) is 0 Å². The summed E-state index contributed by atoms with van der Waals surface area (Å²) in [4.78, 5) is 11.1. The number of fused-ring (bicyclic) bond motifs is 1. The summed E-state index contributed by atoms with van der Waals surface area (Å²) >= 11 is 0. The fraction of sp³-hybridized carbons (Fsp3) is 0.167. The Balaban J connectivity index is 2.46. The maximum absolute atomic E-state index is 12.3. The molecule has 0 N–H and O–H groups in total. The van der Waals surface area contributed by atoms with Crippen molar-refractivity contribution in [1.82, 2.24) is 0 Å². The molecule has 3 nitrogen and oxygen atoms in total. The molecule has 0 saturated heterocycles. The van der Waals surface area contributed by atoms with Gasteiger partial charge in [0.1, 0.15) is 5.76 Å². The highest BCUT2D eigenvalue weighted by Gasteiger charge is 2.41. The highest BCUT2D eigenvalue weighted by Crippen LogP contribution is 2.33. The molecule has 0 fully saturated rings. The molecule has 0 saturated carbocycles. The summed E-state index contributed by atoms with van der Waals surface area (Å²) in [6.45, 7) is 0. The van der Waals surface area contributed by atoms with E-state index in [0.29, 0.717) is 11.3 Å². The second-order valence-corrected chi connectivity index (χ2v) is 3.62. The zero-order valence-electron chi connectivity index (χ0n) is 8.91. The van der Waals surface area contributed by atoms with E-state index in [-0.39, 0.29) is 12.0 Å². The number of nitriles is 1. The first-order valence-corrected chi connectivity index (χ1v) is 4.92. The van der Waals surface area contributed by atoms with Crippen molar-refractivity contribution in [2.75, 3.05) is 0 Å². The lowest BCUT2D eigenvalue weighted by Gasteiger charge is -2.06. The lowest BCUT2D eigenvalue weighted by atomic mass is 10.1. The van der Waals surface area contributed by atoms with Gasteiger partial charge in [-0.15, -0.1) is 0 Å². The van der Waals surface area contributed by atoms with Crippen LogP contribution >= 0.6 is 0 Å².